The lowest BCUT2D eigenvalue weighted by Gasteiger charge is -2.00. The lowest BCUT2D eigenvalue weighted by molar-refractivity contribution is -0.199. The molecule has 0 aromatic rings. The highest BCUT2D eigenvalue weighted by Crippen LogP contribution is 2.10. The minimum atomic E-state index is -3.46. The molecule has 0 spiro atoms. The van der Waals surface area contributed by atoms with Crippen molar-refractivity contribution in [3.8, 4) is 0 Å². The molecule has 0 amide bonds. The fraction of sp³-hybridized carbons (Fsp3) is 1.00. The molecule has 0 aliphatic heterocycles. The summed E-state index contributed by atoms with van der Waals surface area (Å²) in [5.74, 6) is 0. The topological polar surface area (TPSA) is 20.2 Å². The minimum absolute atomic E-state index is 0.507. The van der Waals surface area contributed by atoms with Crippen molar-refractivity contribution >= 4 is 0 Å². The van der Waals surface area contributed by atoms with Crippen molar-refractivity contribution < 1.29 is 13.9 Å². The normalized spacial score (nSPS) is 12.0. The number of hydrogen-bond donors (Lipinski definition) is 1. The summed E-state index contributed by atoms with van der Waals surface area (Å²) in [6.45, 7) is 1.21. The second-order valence-electron chi connectivity index (χ2n) is 1.02. The van der Waals surface area contributed by atoms with Crippen LogP contribution in [0.2, 0.25) is 0 Å². The van der Waals surface area contributed by atoms with Crippen LogP contribution in [0.3, 0.4) is 0 Å². The molecular formula is C3H6F2O. The van der Waals surface area contributed by atoms with Crippen LogP contribution in [0.15, 0.2) is 0 Å². The zero-order chi connectivity index (χ0) is 5.21. The lowest BCUT2D eigenvalue weighted by Crippen LogP contribution is -2.10. The Bertz CT molecular complexity index is 38.5. The summed E-state index contributed by atoms with van der Waals surface area (Å²) in [7, 11) is 0. The van der Waals surface area contributed by atoms with Crippen molar-refractivity contribution in [2.75, 3.05) is 0 Å². The standard InChI is InChI=1S/C3H6F2O/c1-2-3(4,5)6/h6H,2H2,1H3. The molecule has 0 unspecified atom stereocenters. The average Bonchev–Trinajstić information content (AvgIpc) is 1.35. The van der Waals surface area contributed by atoms with E-state index in [-0.39, 0.29) is 0 Å². The van der Waals surface area contributed by atoms with E-state index in [1.807, 2.05) is 0 Å². The van der Waals surface area contributed by atoms with Crippen molar-refractivity contribution in [2.24, 2.45) is 0 Å². The summed E-state index contributed by atoms with van der Waals surface area (Å²) >= 11 is 0. The third kappa shape index (κ3) is 3.82. The molecule has 0 aromatic heterocycles. The smallest absolute Gasteiger partial charge is 0.336 e. The van der Waals surface area contributed by atoms with Gasteiger partial charge >= 0.3 is 6.11 Å². The highest BCUT2D eigenvalue weighted by Gasteiger charge is 2.19. The molecule has 0 atom stereocenters. The van der Waals surface area contributed by atoms with Crippen molar-refractivity contribution in [3.05, 3.63) is 0 Å². The molecule has 1 nitrogen and oxygen atoms in total. The summed E-state index contributed by atoms with van der Waals surface area (Å²) in [6, 6.07) is 0. The van der Waals surface area contributed by atoms with Gasteiger partial charge in [-0.3, -0.25) is 0 Å². The number of rotatable bonds is 1. The summed E-state index contributed by atoms with van der Waals surface area (Å²) in [5, 5.41) is 7.49. The van der Waals surface area contributed by atoms with Crippen LogP contribution in [0.1, 0.15) is 13.3 Å². The maximum atomic E-state index is 11.0. The van der Waals surface area contributed by atoms with E-state index >= 15 is 0 Å². The summed E-state index contributed by atoms with van der Waals surface area (Å²) in [6.07, 6.45) is -3.97. The Balaban J connectivity index is 3.17. The van der Waals surface area contributed by atoms with Gasteiger partial charge in [-0.1, -0.05) is 6.92 Å². The lowest BCUT2D eigenvalue weighted by atomic mass is 10.5. The average molecular weight is 96.1 g/mol. The van der Waals surface area contributed by atoms with E-state index < -0.39 is 12.5 Å². The Labute approximate surface area is 34.6 Å². The number of aliphatic hydroxyl groups is 1. The molecule has 6 heavy (non-hydrogen) atoms. The van der Waals surface area contributed by atoms with Gasteiger partial charge in [-0.15, -0.1) is 0 Å². The van der Waals surface area contributed by atoms with E-state index in [1.54, 1.807) is 0 Å². The zero-order valence-corrected chi connectivity index (χ0v) is 3.41. The SMILES string of the molecule is CCC(O)(F)F. The first-order valence-corrected chi connectivity index (χ1v) is 1.66. The van der Waals surface area contributed by atoms with Crippen molar-refractivity contribution in [1.82, 2.24) is 0 Å². The molecule has 0 saturated carbocycles. The third-order valence-corrected chi connectivity index (χ3v) is 0.425. The summed E-state index contributed by atoms with van der Waals surface area (Å²) in [5.41, 5.74) is 0. The van der Waals surface area contributed by atoms with E-state index in [2.05, 4.69) is 0 Å². The van der Waals surface area contributed by atoms with E-state index in [0.29, 0.717) is 0 Å². The van der Waals surface area contributed by atoms with Crippen LogP contribution in [0.5, 0.6) is 0 Å². The van der Waals surface area contributed by atoms with E-state index in [0.717, 1.165) is 0 Å². The van der Waals surface area contributed by atoms with Crippen molar-refractivity contribution in [2.45, 2.75) is 19.5 Å². The fourth-order valence-electron chi connectivity index (χ4n) is 0. The van der Waals surface area contributed by atoms with E-state index in [9.17, 15) is 8.78 Å². The zero-order valence-electron chi connectivity index (χ0n) is 3.41. The minimum Gasteiger partial charge on any atom is -0.336 e. The summed E-state index contributed by atoms with van der Waals surface area (Å²) in [4.78, 5) is 0. The maximum absolute atomic E-state index is 11.0. The van der Waals surface area contributed by atoms with Crippen LogP contribution in [-0.2, 0) is 0 Å². The Hall–Kier alpha value is -0.180. The van der Waals surface area contributed by atoms with Crippen molar-refractivity contribution in [1.29, 1.82) is 0 Å². The Morgan fingerprint density at radius 3 is 1.83 bits per heavy atom. The molecule has 0 fully saturated rings. The number of halogens is 2. The van der Waals surface area contributed by atoms with Crippen LogP contribution in [0, 0.1) is 0 Å². The van der Waals surface area contributed by atoms with E-state index in [4.69, 9.17) is 5.11 Å². The second-order valence-corrected chi connectivity index (χ2v) is 1.02. The van der Waals surface area contributed by atoms with E-state index in [1.165, 1.54) is 6.92 Å². The molecular weight excluding hydrogens is 90.0 g/mol. The molecule has 0 radical (unpaired) electrons. The van der Waals surface area contributed by atoms with Gasteiger partial charge in [-0.25, -0.2) is 0 Å². The van der Waals surface area contributed by atoms with Gasteiger partial charge in [-0.2, -0.15) is 8.78 Å². The molecule has 3 heteroatoms. The van der Waals surface area contributed by atoms with Gasteiger partial charge in [-0.05, 0) is 0 Å². The summed E-state index contributed by atoms with van der Waals surface area (Å²) < 4.78 is 22.0. The molecule has 0 aromatic carbocycles. The molecule has 0 bridgehead atoms. The van der Waals surface area contributed by atoms with Crippen LogP contribution in [0.25, 0.3) is 0 Å². The monoisotopic (exact) mass is 96.0 g/mol. The second kappa shape index (κ2) is 1.51. The van der Waals surface area contributed by atoms with Gasteiger partial charge in [0.25, 0.3) is 0 Å². The maximum Gasteiger partial charge on any atom is 0.353 e. The Kier molecular flexibility index (Phi) is 1.47. The molecule has 1 N–H and O–H groups in total. The quantitative estimate of drug-likeness (QED) is 0.516. The van der Waals surface area contributed by atoms with Crippen LogP contribution >= 0.6 is 0 Å². The fourth-order valence-corrected chi connectivity index (χ4v) is 0. The van der Waals surface area contributed by atoms with Gasteiger partial charge in [0.2, 0.25) is 0 Å². The van der Waals surface area contributed by atoms with Crippen LogP contribution < -0.4 is 0 Å². The Morgan fingerprint density at radius 1 is 1.67 bits per heavy atom. The van der Waals surface area contributed by atoms with Gasteiger partial charge in [0.1, 0.15) is 0 Å². The molecule has 0 aliphatic rings. The predicted molar refractivity (Wildman–Crippen MR) is 17.5 cm³/mol. The van der Waals surface area contributed by atoms with Crippen molar-refractivity contribution in [3.63, 3.8) is 0 Å². The molecule has 0 rings (SSSR count). The number of alkyl halides is 2. The Morgan fingerprint density at radius 2 is 1.83 bits per heavy atom. The predicted octanol–water partition coefficient (Wildman–Crippen LogP) is 0.982. The third-order valence-electron chi connectivity index (χ3n) is 0.425. The van der Waals surface area contributed by atoms with Crippen LogP contribution in [0.4, 0.5) is 8.78 Å². The molecule has 0 saturated heterocycles. The first kappa shape index (κ1) is 5.82. The first-order valence-electron chi connectivity index (χ1n) is 1.66. The van der Waals surface area contributed by atoms with Crippen LogP contribution in [-0.4, -0.2) is 11.2 Å². The van der Waals surface area contributed by atoms with Gasteiger partial charge in [0, 0.05) is 6.42 Å². The number of hydrogen-bond acceptors (Lipinski definition) is 1. The molecule has 38 valence electrons. The molecule has 0 aliphatic carbocycles. The highest BCUT2D eigenvalue weighted by molar-refractivity contribution is 4.38. The van der Waals surface area contributed by atoms with Gasteiger partial charge in [0.15, 0.2) is 0 Å². The molecule has 0 heterocycles. The highest BCUT2D eigenvalue weighted by atomic mass is 19.3. The largest absolute Gasteiger partial charge is 0.353 e. The van der Waals surface area contributed by atoms with Gasteiger partial charge < -0.3 is 5.11 Å². The van der Waals surface area contributed by atoms with Gasteiger partial charge in [0.05, 0.1) is 0 Å². The first-order chi connectivity index (χ1) is 2.56.